The van der Waals surface area contributed by atoms with Crippen molar-refractivity contribution in [3.63, 3.8) is 0 Å². The van der Waals surface area contributed by atoms with Crippen LogP contribution in [-0.2, 0) is 18.3 Å². The number of pyridine rings is 1. The van der Waals surface area contributed by atoms with Gasteiger partial charge in [-0.3, -0.25) is 9.58 Å². The molecule has 3 heterocycles. The zero-order valence-electron chi connectivity index (χ0n) is 15.9. The summed E-state index contributed by atoms with van der Waals surface area (Å²) in [6.45, 7) is 6.94. The van der Waals surface area contributed by atoms with Gasteiger partial charge in [-0.15, -0.1) is 0 Å². The lowest BCUT2D eigenvalue weighted by Gasteiger charge is -2.35. The van der Waals surface area contributed by atoms with Gasteiger partial charge in [-0.25, -0.2) is 4.98 Å². The number of fused-ring (bicyclic) bond motifs is 1. The first kappa shape index (κ1) is 17.7. The fourth-order valence-corrected chi connectivity index (χ4v) is 3.90. The Morgan fingerprint density at radius 3 is 2.67 bits per heavy atom. The second-order valence-electron chi connectivity index (χ2n) is 7.37. The maximum absolute atomic E-state index is 9.41. The van der Waals surface area contributed by atoms with Gasteiger partial charge < -0.3 is 4.74 Å². The number of benzene rings is 1. The molecule has 2 aromatic heterocycles. The van der Waals surface area contributed by atoms with E-state index in [0.29, 0.717) is 5.69 Å². The number of hydrogen-bond donors (Lipinski definition) is 0. The normalized spacial score (nSPS) is 20.7. The SMILES string of the molecule is C[C@@H]1CN(Cc2ccc3c(-c4cnn(C)c4)cc(C#N)nc3c2)C[C@H](C)O1. The van der Waals surface area contributed by atoms with Crippen molar-refractivity contribution in [3.8, 4) is 17.2 Å². The summed E-state index contributed by atoms with van der Waals surface area (Å²) in [5.41, 5.74) is 4.45. The van der Waals surface area contributed by atoms with Gasteiger partial charge in [0.05, 0.1) is 23.9 Å². The predicted octanol–water partition coefficient (Wildman–Crippen LogP) is 3.12. The minimum absolute atomic E-state index is 0.245. The van der Waals surface area contributed by atoms with Gasteiger partial charge in [0.2, 0.25) is 0 Å². The van der Waals surface area contributed by atoms with E-state index >= 15 is 0 Å². The Morgan fingerprint density at radius 1 is 1.22 bits per heavy atom. The van der Waals surface area contributed by atoms with E-state index in [1.807, 2.05) is 25.5 Å². The van der Waals surface area contributed by atoms with Crippen molar-refractivity contribution in [1.82, 2.24) is 19.7 Å². The molecular formula is C21H23N5O. The molecule has 0 N–H and O–H groups in total. The van der Waals surface area contributed by atoms with Gasteiger partial charge >= 0.3 is 0 Å². The molecule has 0 bridgehead atoms. The molecule has 1 saturated heterocycles. The Balaban J connectivity index is 1.71. The highest BCUT2D eigenvalue weighted by molar-refractivity contribution is 5.95. The van der Waals surface area contributed by atoms with E-state index in [1.165, 1.54) is 5.56 Å². The monoisotopic (exact) mass is 361 g/mol. The number of aromatic nitrogens is 3. The lowest BCUT2D eigenvalue weighted by atomic mass is 10.0. The van der Waals surface area contributed by atoms with E-state index in [1.54, 1.807) is 4.68 Å². The van der Waals surface area contributed by atoms with Gasteiger partial charge in [0.1, 0.15) is 11.8 Å². The van der Waals surface area contributed by atoms with Gasteiger partial charge in [-0.2, -0.15) is 10.4 Å². The smallest absolute Gasteiger partial charge is 0.141 e. The minimum Gasteiger partial charge on any atom is -0.373 e. The largest absolute Gasteiger partial charge is 0.373 e. The Bertz CT molecular complexity index is 1010. The first-order valence-corrected chi connectivity index (χ1v) is 9.22. The van der Waals surface area contributed by atoms with Gasteiger partial charge in [0.25, 0.3) is 0 Å². The number of nitrogens with zero attached hydrogens (tertiary/aromatic N) is 5. The fraction of sp³-hybridized carbons (Fsp3) is 0.381. The molecule has 27 heavy (non-hydrogen) atoms. The third-order valence-electron chi connectivity index (χ3n) is 4.91. The highest BCUT2D eigenvalue weighted by Gasteiger charge is 2.22. The van der Waals surface area contributed by atoms with Crippen LogP contribution in [0.1, 0.15) is 25.1 Å². The van der Waals surface area contributed by atoms with Crippen LogP contribution in [0.2, 0.25) is 0 Å². The topological polar surface area (TPSA) is 67.0 Å². The Hall–Kier alpha value is -2.75. The van der Waals surface area contributed by atoms with E-state index in [4.69, 9.17) is 4.74 Å². The molecule has 2 atom stereocenters. The van der Waals surface area contributed by atoms with Gasteiger partial charge in [0.15, 0.2) is 0 Å². The average Bonchev–Trinajstić information content (AvgIpc) is 3.06. The van der Waals surface area contributed by atoms with Crippen LogP contribution in [-0.4, -0.2) is 45.0 Å². The van der Waals surface area contributed by atoms with Crippen LogP contribution >= 0.6 is 0 Å². The van der Waals surface area contributed by atoms with Crippen molar-refractivity contribution in [2.24, 2.45) is 7.05 Å². The number of hydrogen-bond acceptors (Lipinski definition) is 5. The van der Waals surface area contributed by atoms with Gasteiger partial charge in [-0.1, -0.05) is 12.1 Å². The van der Waals surface area contributed by atoms with E-state index in [0.717, 1.165) is 41.7 Å². The molecule has 1 aromatic carbocycles. The molecule has 0 spiro atoms. The van der Waals surface area contributed by atoms with Crippen LogP contribution < -0.4 is 0 Å². The molecular weight excluding hydrogens is 338 g/mol. The van der Waals surface area contributed by atoms with Crippen LogP contribution in [0.15, 0.2) is 36.7 Å². The summed E-state index contributed by atoms with van der Waals surface area (Å²) < 4.78 is 7.59. The molecule has 1 aliphatic heterocycles. The van der Waals surface area contributed by atoms with Crippen LogP contribution in [0.25, 0.3) is 22.0 Å². The molecule has 6 heteroatoms. The van der Waals surface area contributed by atoms with Gasteiger partial charge in [-0.05, 0) is 37.1 Å². The first-order valence-electron chi connectivity index (χ1n) is 9.22. The number of rotatable bonds is 3. The third kappa shape index (κ3) is 3.70. The summed E-state index contributed by atoms with van der Waals surface area (Å²) in [6, 6.07) is 10.4. The maximum atomic E-state index is 9.41. The summed E-state index contributed by atoms with van der Waals surface area (Å²) in [4.78, 5) is 6.95. The predicted molar refractivity (Wildman–Crippen MR) is 104 cm³/mol. The maximum Gasteiger partial charge on any atom is 0.141 e. The molecule has 0 unspecified atom stereocenters. The number of ether oxygens (including phenoxy) is 1. The minimum atomic E-state index is 0.245. The molecule has 138 valence electrons. The second-order valence-corrected chi connectivity index (χ2v) is 7.37. The lowest BCUT2D eigenvalue weighted by molar-refractivity contribution is -0.0704. The highest BCUT2D eigenvalue weighted by Crippen LogP contribution is 2.29. The summed E-state index contributed by atoms with van der Waals surface area (Å²) >= 11 is 0. The zero-order chi connectivity index (χ0) is 19.0. The Labute approximate surface area is 159 Å². The lowest BCUT2D eigenvalue weighted by Crippen LogP contribution is -2.44. The van der Waals surface area contributed by atoms with E-state index in [2.05, 4.69) is 53.1 Å². The van der Waals surface area contributed by atoms with Crippen molar-refractivity contribution in [3.05, 3.63) is 47.9 Å². The molecule has 1 aliphatic rings. The molecule has 1 fully saturated rings. The summed E-state index contributed by atoms with van der Waals surface area (Å²) in [5, 5.41) is 14.7. The molecule has 0 saturated carbocycles. The van der Waals surface area contributed by atoms with Crippen LogP contribution in [0.3, 0.4) is 0 Å². The highest BCUT2D eigenvalue weighted by atomic mass is 16.5. The average molecular weight is 361 g/mol. The quantitative estimate of drug-likeness (QED) is 0.717. The van der Waals surface area contributed by atoms with E-state index in [-0.39, 0.29) is 12.2 Å². The molecule has 6 nitrogen and oxygen atoms in total. The second kappa shape index (κ2) is 7.10. The van der Waals surface area contributed by atoms with Crippen molar-refractivity contribution in [1.29, 1.82) is 5.26 Å². The van der Waals surface area contributed by atoms with Crippen LogP contribution in [0.4, 0.5) is 0 Å². The van der Waals surface area contributed by atoms with E-state index < -0.39 is 0 Å². The molecule has 0 radical (unpaired) electrons. The first-order chi connectivity index (χ1) is 13.0. The van der Waals surface area contributed by atoms with Crippen molar-refractivity contribution in [2.75, 3.05) is 13.1 Å². The van der Waals surface area contributed by atoms with E-state index in [9.17, 15) is 5.26 Å². The summed E-state index contributed by atoms with van der Waals surface area (Å²) in [5.74, 6) is 0. The Morgan fingerprint density at radius 2 is 2.00 bits per heavy atom. The molecule has 0 aliphatic carbocycles. The van der Waals surface area contributed by atoms with Crippen molar-refractivity contribution in [2.45, 2.75) is 32.6 Å². The summed E-state index contributed by atoms with van der Waals surface area (Å²) in [7, 11) is 1.89. The number of aryl methyl sites for hydroxylation is 1. The number of morpholine rings is 1. The summed E-state index contributed by atoms with van der Waals surface area (Å²) in [6.07, 6.45) is 4.27. The fourth-order valence-electron chi connectivity index (χ4n) is 3.90. The molecule has 4 rings (SSSR count). The third-order valence-corrected chi connectivity index (χ3v) is 4.91. The van der Waals surface area contributed by atoms with Crippen LogP contribution in [0.5, 0.6) is 0 Å². The van der Waals surface area contributed by atoms with Crippen molar-refractivity contribution >= 4 is 10.9 Å². The van der Waals surface area contributed by atoms with Gasteiger partial charge in [0, 0.05) is 43.8 Å². The number of nitriles is 1. The standard InChI is InChI=1S/C21H23N5O/c1-14-10-26(11-15(2)27-14)12-16-4-5-19-20(17-9-23-25(3)13-17)7-18(8-22)24-21(19)6-16/h4-7,9,13-15H,10-12H2,1-3H3/t14-,15+. The zero-order valence-corrected chi connectivity index (χ0v) is 15.9. The van der Waals surface area contributed by atoms with Crippen molar-refractivity contribution < 1.29 is 4.74 Å². The molecule has 3 aromatic rings. The van der Waals surface area contributed by atoms with Crippen LogP contribution in [0, 0.1) is 11.3 Å². The Kier molecular flexibility index (Phi) is 4.65. The molecule has 0 amide bonds.